The lowest BCUT2D eigenvalue weighted by Gasteiger charge is -2.23. The molecule has 0 radical (unpaired) electrons. The van der Waals surface area contributed by atoms with E-state index < -0.39 is 0 Å². The highest BCUT2D eigenvalue weighted by molar-refractivity contribution is 5.86. The van der Waals surface area contributed by atoms with Gasteiger partial charge in [0, 0.05) is 36.4 Å². The smallest absolute Gasteiger partial charge is 0.310 e. The van der Waals surface area contributed by atoms with Gasteiger partial charge in [-0.3, -0.25) is 4.79 Å². The van der Waals surface area contributed by atoms with Gasteiger partial charge in [0.15, 0.2) is 0 Å². The summed E-state index contributed by atoms with van der Waals surface area (Å²) in [7, 11) is 0. The number of rotatable bonds is 11. The zero-order valence-electron chi connectivity index (χ0n) is 21.3. The Morgan fingerprint density at radius 1 is 1.11 bits per heavy atom. The highest BCUT2D eigenvalue weighted by Gasteiger charge is 2.25. The molecule has 1 fully saturated rings. The molecule has 1 saturated heterocycles. The Bertz CT molecular complexity index is 1120. The quantitative estimate of drug-likeness (QED) is 0.271. The van der Waals surface area contributed by atoms with Crippen molar-refractivity contribution in [1.29, 1.82) is 0 Å². The predicted octanol–water partition coefficient (Wildman–Crippen LogP) is 6.05. The Hall–Kier alpha value is -3.05. The largest absolute Gasteiger partial charge is 0.493 e. The van der Waals surface area contributed by atoms with Gasteiger partial charge in [-0.25, -0.2) is 0 Å². The van der Waals surface area contributed by atoms with Gasteiger partial charge in [-0.05, 0) is 61.2 Å². The van der Waals surface area contributed by atoms with E-state index in [1.807, 2.05) is 13.0 Å². The number of carbonyl (C=O) groups excluding carboxylic acids is 1. The van der Waals surface area contributed by atoms with E-state index in [0.717, 1.165) is 49.4 Å². The van der Waals surface area contributed by atoms with E-state index in [2.05, 4.69) is 78.7 Å². The topological polar surface area (TPSA) is 50.8 Å². The van der Waals surface area contributed by atoms with Crippen LogP contribution in [-0.2, 0) is 16.0 Å². The Labute approximate surface area is 209 Å². The lowest BCUT2D eigenvalue weighted by Crippen LogP contribution is -2.34. The Morgan fingerprint density at radius 3 is 2.77 bits per heavy atom. The molecule has 35 heavy (non-hydrogen) atoms. The minimum Gasteiger partial charge on any atom is -0.493 e. The van der Waals surface area contributed by atoms with Crippen LogP contribution < -0.4 is 15.0 Å². The first-order chi connectivity index (χ1) is 17.1. The number of hydrogen-bond acceptors (Lipinski definition) is 5. The van der Waals surface area contributed by atoms with Crippen molar-refractivity contribution in [3.63, 3.8) is 0 Å². The third-order valence-corrected chi connectivity index (χ3v) is 6.77. The molecule has 3 aromatic carbocycles. The van der Waals surface area contributed by atoms with E-state index in [9.17, 15) is 4.79 Å². The van der Waals surface area contributed by atoms with Crippen LogP contribution in [0.3, 0.4) is 0 Å². The summed E-state index contributed by atoms with van der Waals surface area (Å²) in [4.78, 5) is 14.6. The normalized spacial score (nSPS) is 16.4. The SMILES string of the molecule is CCCCOc1ccc(N2CC[C@H](N[C@H](C)c3cccc4ccccc34)C2)cc1CC(=O)OCC. The molecule has 1 heterocycles. The Balaban J connectivity index is 1.44. The number of nitrogens with one attached hydrogen (secondary N) is 1. The van der Waals surface area contributed by atoms with Crippen molar-refractivity contribution in [1.82, 2.24) is 5.32 Å². The molecule has 0 aromatic heterocycles. The van der Waals surface area contributed by atoms with E-state index in [1.54, 1.807) is 0 Å². The van der Waals surface area contributed by atoms with Crippen molar-refractivity contribution in [2.24, 2.45) is 0 Å². The van der Waals surface area contributed by atoms with Gasteiger partial charge in [-0.2, -0.15) is 0 Å². The van der Waals surface area contributed by atoms with E-state index in [4.69, 9.17) is 9.47 Å². The number of benzene rings is 3. The van der Waals surface area contributed by atoms with Gasteiger partial charge in [0.25, 0.3) is 0 Å². The predicted molar refractivity (Wildman–Crippen MR) is 143 cm³/mol. The van der Waals surface area contributed by atoms with Gasteiger partial charge in [-0.15, -0.1) is 0 Å². The summed E-state index contributed by atoms with van der Waals surface area (Å²) in [6.07, 6.45) is 3.38. The van der Waals surface area contributed by atoms with Crippen LogP contribution >= 0.6 is 0 Å². The Kier molecular flexibility index (Phi) is 8.64. The molecule has 1 N–H and O–H groups in total. The molecule has 186 valence electrons. The number of ether oxygens (including phenoxy) is 2. The van der Waals surface area contributed by atoms with Crippen LogP contribution in [0.15, 0.2) is 60.7 Å². The van der Waals surface area contributed by atoms with E-state index in [-0.39, 0.29) is 18.4 Å². The van der Waals surface area contributed by atoms with Crippen LogP contribution in [0.1, 0.15) is 57.2 Å². The summed E-state index contributed by atoms with van der Waals surface area (Å²) in [6.45, 7) is 9.20. The summed E-state index contributed by atoms with van der Waals surface area (Å²) < 4.78 is 11.2. The highest BCUT2D eigenvalue weighted by Crippen LogP contribution is 2.30. The molecule has 0 spiro atoms. The molecule has 4 rings (SSSR count). The van der Waals surface area contributed by atoms with Gasteiger partial charge in [0.05, 0.1) is 19.6 Å². The lowest BCUT2D eigenvalue weighted by atomic mass is 9.99. The second-order valence-corrected chi connectivity index (χ2v) is 9.36. The maximum absolute atomic E-state index is 12.2. The highest BCUT2D eigenvalue weighted by atomic mass is 16.5. The van der Waals surface area contributed by atoms with Crippen LogP contribution in [0.25, 0.3) is 10.8 Å². The molecule has 3 aromatic rings. The molecular formula is C30H38N2O3. The molecule has 0 unspecified atom stereocenters. The lowest BCUT2D eigenvalue weighted by molar-refractivity contribution is -0.142. The van der Waals surface area contributed by atoms with Gasteiger partial charge < -0.3 is 19.7 Å². The zero-order chi connectivity index (χ0) is 24.6. The van der Waals surface area contributed by atoms with Crippen molar-refractivity contribution in [2.45, 2.75) is 58.5 Å². The molecule has 5 nitrogen and oxygen atoms in total. The fourth-order valence-corrected chi connectivity index (χ4v) is 4.94. The minimum atomic E-state index is -0.213. The van der Waals surface area contributed by atoms with E-state index in [0.29, 0.717) is 19.3 Å². The second kappa shape index (κ2) is 12.1. The molecule has 0 saturated carbocycles. The summed E-state index contributed by atoms with van der Waals surface area (Å²) in [5.41, 5.74) is 3.37. The Morgan fingerprint density at radius 2 is 1.94 bits per heavy atom. The summed E-state index contributed by atoms with van der Waals surface area (Å²) in [6, 6.07) is 22.0. The molecule has 0 amide bonds. The fraction of sp³-hybridized carbons (Fsp3) is 0.433. The van der Waals surface area contributed by atoms with Crippen molar-refractivity contribution in [2.75, 3.05) is 31.2 Å². The summed E-state index contributed by atoms with van der Waals surface area (Å²) in [5, 5.41) is 6.45. The van der Waals surface area contributed by atoms with Gasteiger partial charge in [-0.1, -0.05) is 55.8 Å². The number of unbranched alkanes of at least 4 members (excludes halogenated alkanes) is 1. The molecule has 0 bridgehead atoms. The molecule has 1 aliphatic heterocycles. The van der Waals surface area contributed by atoms with Crippen LogP contribution in [0.2, 0.25) is 0 Å². The standard InChI is InChI=1S/C30H38N2O3/c1-4-6-18-35-29-15-14-26(19-24(29)20-30(33)34-5-2)32-17-16-25(21-32)31-22(3)27-13-9-11-23-10-7-8-12-28(23)27/h7-15,19,22,25,31H,4-6,16-18,20-21H2,1-3H3/t22-,25+/m1/s1. The van der Waals surface area contributed by atoms with Crippen LogP contribution in [0, 0.1) is 0 Å². The van der Waals surface area contributed by atoms with Gasteiger partial charge in [0.1, 0.15) is 5.75 Å². The van der Waals surface area contributed by atoms with Crippen molar-refractivity contribution in [3.05, 3.63) is 71.8 Å². The van der Waals surface area contributed by atoms with E-state index in [1.165, 1.54) is 16.3 Å². The monoisotopic (exact) mass is 474 g/mol. The zero-order valence-corrected chi connectivity index (χ0v) is 21.3. The number of anilines is 1. The molecule has 2 atom stereocenters. The maximum Gasteiger partial charge on any atom is 0.310 e. The first-order valence-corrected chi connectivity index (χ1v) is 13.0. The van der Waals surface area contributed by atoms with Crippen LogP contribution in [0.5, 0.6) is 5.75 Å². The van der Waals surface area contributed by atoms with Crippen molar-refractivity contribution in [3.8, 4) is 5.75 Å². The van der Waals surface area contributed by atoms with Crippen molar-refractivity contribution < 1.29 is 14.3 Å². The average molecular weight is 475 g/mol. The van der Waals surface area contributed by atoms with E-state index >= 15 is 0 Å². The first kappa shape index (κ1) is 25.1. The van der Waals surface area contributed by atoms with Crippen LogP contribution in [0.4, 0.5) is 5.69 Å². The summed E-state index contributed by atoms with van der Waals surface area (Å²) in [5.74, 6) is 0.573. The second-order valence-electron chi connectivity index (χ2n) is 9.36. The summed E-state index contributed by atoms with van der Waals surface area (Å²) >= 11 is 0. The minimum absolute atomic E-state index is 0.213. The molecule has 1 aliphatic rings. The maximum atomic E-state index is 12.2. The number of carbonyl (C=O) groups is 1. The fourth-order valence-electron chi connectivity index (χ4n) is 4.94. The molecular weight excluding hydrogens is 436 g/mol. The number of esters is 1. The van der Waals surface area contributed by atoms with Gasteiger partial charge >= 0.3 is 5.97 Å². The first-order valence-electron chi connectivity index (χ1n) is 13.0. The average Bonchev–Trinajstić information content (AvgIpc) is 3.33. The molecule has 0 aliphatic carbocycles. The number of fused-ring (bicyclic) bond motifs is 1. The number of hydrogen-bond donors (Lipinski definition) is 1. The van der Waals surface area contributed by atoms with Gasteiger partial charge in [0.2, 0.25) is 0 Å². The third kappa shape index (κ3) is 6.34. The molecule has 5 heteroatoms. The third-order valence-electron chi connectivity index (χ3n) is 6.77. The number of nitrogens with zero attached hydrogens (tertiary/aromatic N) is 1. The van der Waals surface area contributed by atoms with Crippen LogP contribution in [-0.4, -0.2) is 38.3 Å². The van der Waals surface area contributed by atoms with Crippen molar-refractivity contribution >= 4 is 22.4 Å².